The third-order valence-corrected chi connectivity index (χ3v) is 2.32. The Kier molecular flexibility index (Phi) is 3.90. The molecule has 2 N–H and O–H groups in total. The first kappa shape index (κ1) is 12.1. The van der Waals surface area contributed by atoms with Crippen molar-refractivity contribution in [2.45, 2.75) is 19.5 Å². The summed E-state index contributed by atoms with van der Waals surface area (Å²) in [5.74, 6) is 0. The van der Waals surface area contributed by atoms with Crippen LogP contribution in [0.2, 0.25) is 0 Å². The van der Waals surface area contributed by atoms with Gasteiger partial charge in [0, 0.05) is 24.6 Å². The van der Waals surface area contributed by atoms with Crippen molar-refractivity contribution in [1.82, 2.24) is 20.1 Å². The average Bonchev–Trinajstić information content (AvgIpc) is 2.82. The van der Waals surface area contributed by atoms with Crippen molar-refractivity contribution >= 4 is 11.7 Å². The molecule has 2 aromatic rings. The van der Waals surface area contributed by atoms with Crippen LogP contribution in [0.15, 0.2) is 43.0 Å². The second kappa shape index (κ2) is 5.81. The van der Waals surface area contributed by atoms with Gasteiger partial charge in [-0.2, -0.15) is 5.10 Å². The number of anilines is 1. The molecule has 94 valence electrons. The molecule has 1 unspecified atom stereocenters. The van der Waals surface area contributed by atoms with Crippen LogP contribution < -0.4 is 10.6 Å². The second-order valence-corrected chi connectivity index (χ2v) is 3.97. The van der Waals surface area contributed by atoms with Crippen molar-refractivity contribution in [3.05, 3.63) is 43.0 Å². The lowest BCUT2D eigenvalue weighted by atomic mass is 10.3. The Morgan fingerprint density at radius 2 is 2.33 bits per heavy atom. The Hall–Kier alpha value is -2.37. The Morgan fingerprint density at radius 1 is 1.44 bits per heavy atom. The van der Waals surface area contributed by atoms with E-state index in [1.54, 1.807) is 35.4 Å². The number of hydrogen-bond donors (Lipinski definition) is 2. The van der Waals surface area contributed by atoms with Gasteiger partial charge in [-0.25, -0.2) is 4.79 Å². The van der Waals surface area contributed by atoms with Gasteiger partial charge in [0.15, 0.2) is 0 Å². The summed E-state index contributed by atoms with van der Waals surface area (Å²) < 4.78 is 1.77. The number of carbonyl (C=O) groups is 1. The van der Waals surface area contributed by atoms with Gasteiger partial charge in [0.1, 0.15) is 0 Å². The molecular weight excluding hydrogens is 230 g/mol. The van der Waals surface area contributed by atoms with E-state index >= 15 is 0 Å². The van der Waals surface area contributed by atoms with E-state index in [1.807, 2.05) is 19.2 Å². The van der Waals surface area contributed by atoms with Crippen LogP contribution in [0.3, 0.4) is 0 Å². The topological polar surface area (TPSA) is 71.8 Å². The molecule has 18 heavy (non-hydrogen) atoms. The first-order valence-electron chi connectivity index (χ1n) is 5.69. The van der Waals surface area contributed by atoms with Crippen LogP contribution in [0.4, 0.5) is 10.5 Å². The van der Waals surface area contributed by atoms with Gasteiger partial charge in [-0.15, -0.1) is 0 Å². The van der Waals surface area contributed by atoms with Crippen molar-refractivity contribution in [3.63, 3.8) is 0 Å². The van der Waals surface area contributed by atoms with E-state index < -0.39 is 0 Å². The van der Waals surface area contributed by atoms with Crippen molar-refractivity contribution in [1.29, 1.82) is 0 Å². The number of aromatic nitrogens is 3. The number of urea groups is 1. The summed E-state index contributed by atoms with van der Waals surface area (Å²) in [7, 11) is 0. The maximum atomic E-state index is 11.7. The molecule has 0 aliphatic carbocycles. The molecule has 2 amide bonds. The summed E-state index contributed by atoms with van der Waals surface area (Å²) >= 11 is 0. The molecule has 0 aliphatic rings. The molecule has 0 saturated carbocycles. The van der Waals surface area contributed by atoms with E-state index in [9.17, 15) is 4.79 Å². The maximum Gasteiger partial charge on any atom is 0.319 e. The number of carbonyl (C=O) groups excluding carboxylic acids is 1. The van der Waals surface area contributed by atoms with Crippen LogP contribution >= 0.6 is 0 Å². The molecule has 6 nitrogen and oxygen atoms in total. The number of amides is 2. The van der Waals surface area contributed by atoms with Crippen molar-refractivity contribution in [2.24, 2.45) is 0 Å². The highest BCUT2D eigenvalue weighted by Gasteiger charge is 2.07. The fraction of sp³-hybridized carbons (Fsp3) is 0.250. The van der Waals surface area contributed by atoms with Gasteiger partial charge < -0.3 is 10.6 Å². The minimum atomic E-state index is -0.248. The van der Waals surface area contributed by atoms with Gasteiger partial charge >= 0.3 is 6.03 Å². The molecule has 0 aromatic carbocycles. The van der Waals surface area contributed by atoms with E-state index in [4.69, 9.17) is 0 Å². The number of nitrogens with one attached hydrogen (secondary N) is 2. The minimum Gasteiger partial charge on any atom is -0.334 e. The summed E-state index contributed by atoms with van der Waals surface area (Å²) in [6, 6.07) is 5.14. The van der Waals surface area contributed by atoms with Gasteiger partial charge in [-0.05, 0) is 25.1 Å². The van der Waals surface area contributed by atoms with Crippen LogP contribution in [0.25, 0.3) is 0 Å². The summed E-state index contributed by atoms with van der Waals surface area (Å²) in [6.07, 6.45) is 6.82. The Bertz CT molecular complexity index is 482. The van der Waals surface area contributed by atoms with E-state index in [1.165, 1.54) is 0 Å². The molecular formula is C12H15N5O. The highest BCUT2D eigenvalue weighted by Crippen LogP contribution is 2.02. The van der Waals surface area contributed by atoms with Crippen LogP contribution in [0.1, 0.15) is 6.92 Å². The second-order valence-electron chi connectivity index (χ2n) is 3.97. The molecule has 1 atom stereocenters. The molecule has 0 saturated heterocycles. The summed E-state index contributed by atoms with van der Waals surface area (Å²) in [5, 5.41) is 9.62. The number of hydrogen-bond acceptors (Lipinski definition) is 3. The highest BCUT2D eigenvalue weighted by molar-refractivity contribution is 5.89. The first-order valence-corrected chi connectivity index (χ1v) is 5.69. The monoisotopic (exact) mass is 245 g/mol. The van der Waals surface area contributed by atoms with Gasteiger partial charge in [0.05, 0.1) is 18.4 Å². The normalized spacial score (nSPS) is 11.8. The van der Waals surface area contributed by atoms with E-state index in [2.05, 4.69) is 20.7 Å². The van der Waals surface area contributed by atoms with Crippen molar-refractivity contribution in [2.75, 3.05) is 5.32 Å². The summed E-state index contributed by atoms with van der Waals surface area (Å²) in [4.78, 5) is 15.6. The minimum absolute atomic E-state index is 0.0124. The number of nitrogens with zero attached hydrogens (tertiary/aromatic N) is 3. The molecule has 2 rings (SSSR count). The third-order valence-electron chi connectivity index (χ3n) is 2.32. The lowest BCUT2D eigenvalue weighted by molar-refractivity contribution is 0.247. The van der Waals surface area contributed by atoms with Gasteiger partial charge in [0.25, 0.3) is 0 Å². The Labute approximate surface area is 105 Å². The zero-order chi connectivity index (χ0) is 12.8. The van der Waals surface area contributed by atoms with Crippen LogP contribution in [-0.2, 0) is 6.54 Å². The lowest BCUT2D eigenvalue weighted by Gasteiger charge is -2.14. The average molecular weight is 245 g/mol. The first-order chi connectivity index (χ1) is 8.74. The predicted octanol–water partition coefficient (Wildman–Crippen LogP) is 1.49. The smallest absolute Gasteiger partial charge is 0.319 e. The predicted molar refractivity (Wildman–Crippen MR) is 68.1 cm³/mol. The zero-order valence-electron chi connectivity index (χ0n) is 10.1. The Morgan fingerprint density at radius 3 is 3.00 bits per heavy atom. The van der Waals surface area contributed by atoms with Crippen LogP contribution in [0, 0.1) is 0 Å². The van der Waals surface area contributed by atoms with Crippen LogP contribution in [-0.4, -0.2) is 26.8 Å². The maximum absolute atomic E-state index is 11.7. The summed E-state index contributed by atoms with van der Waals surface area (Å²) in [5.41, 5.74) is 0.668. The van der Waals surface area contributed by atoms with Crippen molar-refractivity contribution < 1.29 is 4.79 Å². The van der Waals surface area contributed by atoms with E-state index in [0.717, 1.165) is 0 Å². The van der Waals surface area contributed by atoms with Gasteiger partial charge in [-0.3, -0.25) is 9.67 Å². The lowest BCUT2D eigenvalue weighted by Crippen LogP contribution is -2.38. The SMILES string of the molecule is CC(Cn1cccn1)NC(=O)Nc1cccnc1. The highest BCUT2D eigenvalue weighted by atomic mass is 16.2. The molecule has 0 aliphatic heterocycles. The van der Waals surface area contributed by atoms with Gasteiger partial charge in [-0.1, -0.05) is 0 Å². The molecule has 0 bridgehead atoms. The standard InChI is InChI=1S/C12H15N5O/c1-10(9-17-7-3-6-14-17)15-12(18)16-11-4-2-5-13-8-11/h2-8,10H,9H2,1H3,(H2,15,16,18). The molecule has 0 radical (unpaired) electrons. The fourth-order valence-electron chi connectivity index (χ4n) is 1.56. The molecule has 2 heterocycles. The van der Waals surface area contributed by atoms with Crippen molar-refractivity contribution in [3.8, 4) is 0 Å². The largest absolute Gasteiger partial charge is 0.334 e. The molecule has 0 spiro atoms. The summed E-state index contributed by atoms with van der Waals surface area (Å²) in [6.45, 7) is 2.55. The molecule has 6 heteroatoms. The quantitative estimate of drug-likeness (QED) is 0.857. The Balaban J connectivity index is 1.80. The number of pyridine rings is 1. The van der Waals surface area contributed by atoms with E-state index in [0.29, 0.717) is 12.2 Å². The fourth-order valence-corrected chi connectivity index (χ4v) is 1.56. The zero-order valence-corrected chi connectivity index (χ0v) is 10.1. The number of rotatable bonds is 4. The third kappa shape index (κ3) is 3.58. The van der Waals surface area contributed by atoms with Crippen LogP contribution in [0.5, 0.6) is 0 Å². The molecule has 2 aromatic heterocycles. The molecule has 0 fully saturated rings. The van der Waals surface area contributed by atoms with Gasteiger partial charge in [0.2, 0.25) is 0 Å². The van der Waals surface area contributed by atoms with E-state index in [-0.39, 0.29) is 12.1 Å².